The monoisotopic (exact) mass is 187 g/mol. The molecule has 0 aliphatic heterocycles. The van der Waals surface area contributed by atoms with Gasteiger partial charge in [0.1, 0.15) is 0 Å². The summed E-state index contributed by atoms with van der Waals surface area (Å²) >= 11 is 1.97. The van der Waals surface area contributed by atoms with Crippen molar-refractivity contribution in [3.63, 3.8) is 0 Å². The summed E-state index contributed by atoms with van der Waals surface area (Å²) in [7, 11) is 0. The summed E-state index contributed by atoms with van der Waals surface area (Å²) in [6.07, 6.45) is 13.2. The molecular formula is C11H23S. The number of hydrogen-bond donors (Lipinski definition) is 0. The molecule has 73 valence electrons. The average molecular weight is 187 g/mol. The van der Waals surface area contributed by atoms with Gasteiger partial charge >= 0.3 is 0 Å². The molecule has 0 N–H and O–H groups in total. The predicted octanol–water partition coefficient (Wildman–Crippen LogP) is 4.30. The third kappa shape index (κ3) is 10.3. The van der Waals surface area contributed by atoms with Crippen LogP contribution in [0, 0.1) is 6.92 Å². The highest BCUT2D eigenvalue weighted by Crippen LogP contribution is 2.09. The molecule has 0 aliphatic rings. The van der Waals surface area contributed by atoms with Gasteiger partial charge in [-0.2, -0.15) is 11.8 Å². The molecule has 0 atom stereocenters. The second-order valence-electron chi connectivity index (χ2n) is 3.32. The van der Waals surface area contributed by atoms with Crippen molar-refractivity contribution in [3.8, 4) is 0 Å². The summed E-state index contributed by atoms with van der Waals surface area (Å²) in [6, 6.07) is 0. The lowest BCUT2D eigenvalue weighted by Gasteiger charge is -1.99. The van der Waals surface area contributed by atoms with Gasteiger partial charge in [-0.3, -0.25) is 0 Å². The summed E-state index contributed by atoms with van der Waals surface area (Å²) in [5.74, 6) is 1.35. The zero-order chi connectivity index (χ0) is 9.07. The third-order valence-corrected chi connectivity index (χ3v) is 2.80. The molecule has 0 bridgehead atoms. The van der Waals surface area contributed by atoms with Crippen LogP contribution in [-0.2, 0) is 0 Å². The van der Waals surface area contributed by atoms with Crippen LogP contribution in [-0.4, -0.2) is 12.0 Å². The van der Waals surface area contributed by atoms with E-state index < -0.39 is 0 Å². The fraction of sp³-hybridized carbons (Fsp3) is 0.909. The Bertz CT molecular complexity index is 61.4. The molecular weight excluding hydrogens is 164 g/mol. The van der Waals surface area contributed by atoms with E-state index in [-0.39, 0.29) is 0 Å². The van der Waals surface area contributed by atoms with Crippen LogP contribution in [0.4, 0.5) is 0 Å². The van der Waals surface area contributed by atoms with Crippen molar-refractivity contribution >= 4 is 11.8 Å². The summed E-state index contributed by atoms with van der Waals surface area (Å²) in [6.45, 7) is 3.84. The van der Waals surface area contributed by atoms with E-state index in [9.17, 15) is 0 Å². The van der Waals surface area contributed by atoms with Crippen LogP contribution in [0.1, 0.15) is 51.4 Å². The number of hydrogen-bond acceptors (Lipinski definition) is 1. The SMILES string of the molecule is [CH2]CCCCCCCCCSC. The fourth-order valence-electron chi connectivity index (χ4n) is 1.31. The van der Waals surface area contributed by atoms with Crippen LogP contribution in [0.3, 0.4) is 0 Å². The van der Waals surface area contributed by atoms with Crippen molar-refractivity contribution in [2.45, 2.75) is 51.4 Å². The lowest BCUT2D eigenvalue weighted by atomic mass is 10.1. The smallest absolute Gasteiger partial charge is 0.00703 e. The maximum absolute atomic E-state index is 3.84. The number of rotatable bonds is 9. The molecule has 0 rings (SSSR count). The van der Waals surface area contributed by atoms with E-state index in [0.717, 1.165) is 6.42 Å². The Hall–Kier alpha value is 0.350. The summed E-state index contributed by atoms with van der Waals surface area (Å²) < 4.78 is 0. The molecule has 12 heavy (non-hydrogen) atoms. The third-order valence-electron chi connectivity index (χ3n) is 2.10. The largest absolute Gasteiger partial charge is 0.165 e. The molecule has 1 radical (unpaired) electrons. The Morgan fingerprint density at radius 3 is 1.83 bits per heavy atom. The van der Waals surface area contributed by atoms with E-state index >= 15 is 0 Å². The van der Waals surface area contributed by atoms with Gasteiger partial charge in [0.15, 0.2) is 0 Å². The Morgan fingerprint density at radius 2 is 1.33 bits per heavy atom. The van der Waals surface area contributed by atoms with Crippen molar-refractivity contribution in [3.05, 3.63) is 6.92 Å². The van der Waals surface area contributed by atoms with Crippen LogP contribution >= 0.6 is 11.8 Å². The zero-order valence-electron chi connectivity index (χ0n) is 8.48. The average Bonchev–Trinajstić information content (AvgIpc) is 2.10. The van der Waals surface area contributed by atoms with Gasteiger partial charge in [0, 0.05) is 0 Å². The second-order valence-corrected chi connectivity index (χ2v) is 4.31. The second kappa shape index (κ2) is 11.4. The molecule has 0 saturated carbocycles. The van der Waals surface area contributed by atoms with E-state index in [4.69, 9.17) is 0 Å². The fourth-order valence-corrected chi connectivity index (χ4v) is 1.80. The predicted molar refractivity (Wildman–Crippen MR) is 60.7 cm³/mol. The van der Waals surface area contributed by atoms with Gasteiger partial charge in [-0.05, 0) is 18.4 Å². The minimum Gasteiger partial charge on any atom is -0.165 e. The van der Waals surface area contributed by atoms with Crippen molar-refractivity contribution in [1.29, 1.82) is 0 Å². The maximum atomic E-state index is 3.84. The quantitative estimate of drug-likeness (QED) is 0.485. The Kier molecular flexibility index (Phi) is 11.7. The molecule has 0 amide bonds. The van der Waals surface area contributed by atoms with Crippen LogP contribution in [0.25, 0.3) is 0 Å². The standard InChI is InChI=1S/C11H23S/c1-3-4-5-6-7-8-9-10-11-12-2/h1,3-11H2,2H3. The first-order chi connectivity index (χ1) is 5.91. The van der Waals surface area contributed by atoms with Gasteiger partial charge in [-0.15, -0.1) is 0 Å². The minimum atomic E-state index is 1.12. The molecule has 0 spiro atoms. The molecule has 0 heterocycles. The van der Waals surface area contributed by atoms with Gasteiger partial charge in [0.05, 0.1) is 0 Å². The van der Waals surface area contributed by atoms with Gasteiger partial charge in [-0.25, -0.2) is 0 Å². The zero-order valence-corrected chi connectivity index (χ0v) is 9.30. The topological polar surface area (TPSA) is 0 Å². The summed E-state index contributed by atoms with van der Waals surface area (Å²) in [5, 5.41) is 0. The number of unbranched alkanes of at least 4 members (excludes halogenated alkanes) is 7. The molecule has 0 unspecified atom stereocenters. The van der Waals surface area contributed by atoms with Crippen LogP contribution in [0.15, 0.2) is 0 Å². The Morgan fingerprint density at radius 1 is 0.833 bits per heavy atom. The Balaban J connectivity index is 2.73. The van der Waals surface area contributed by atoms with Crippen molar-refractivity contribution in [1.82, 2.24) is 0 Å². The highest BCUT2D eigenvalue weighted by atomic mass is 32.2. The summed E-state index contributed by atoms with van der Waals surface area (Å²) in [4.78, 5) is 0. The van der Waals surface area contributed by atoms with Crippen molar-refractivity contribution < 1.29 is 0 Å². The van der Waals surface area contributed by atoms with E-state index in [1.807, 2.05) is 11.8 Å². The molecule has 0 fully saturated rings. The highest BCUT2D eigenvalue weighted by molar-refractivity contribution is 7.98. The highest BCUT2D eigenvalue weighted by Gasteiger charge is 1.90. The molecule has 0 aliphatic carbocycles. The Labute approximate surface area is 82.5 Å². The van der Waals surface area contributed by atoms with Gasteiger partial charge < -0.3 is 0 Å². The molecule has 1 heteroatoms. The molecule has 0 saturated heterocycles. The molecule has 0 nitrogen and oxygen atoms in total. The first-order valence-electron chi connectivity index (χ1n) is 5.20. The van der Waals surface area contributed by atoms with Gasteiger partial charge in [0.25, 0.3) is 0 Å². The van der Waals surface area contributed by atoms with E-state index in [1.165, 1.54) is 50.7 Å². The minimum absolute atomic E-state index is 1.12. The van der Waals surface area contributed by atoms with Gasteiger partial charge in [-0.1, -0.05) is 51.9 Å². The van der Waals surface area contributed by atoms with Crippen LogP contribution in [0.5, 0.6) is 0 Å². The van der Waals surface area contributed by atoms with E-state index in [2.05, 4.69) is 13.2 Å². The first-order valence-corrected chi connectivity index (χ1v) is 6.59. The van der Waals surface area contributed by atoms with Crippen LogP contribution in [0.2, 0.25) is 0 Å². The molecule has 0 aromatic rings. The summed E-state index contributed by atoms with van der Waals surface area (Å²) in [5.41, 5.74) is 0. The van der Waals surface area contributed by atoms with Crippen molar-refractivity contribution in [2.75, 3.05) is 12.0 Å². The van der Waals surface area contributed by atoms with Crippen LogP contribution < -0.4 is 0 Å². The lowest BCUT2D eigenvalue weighted by Crippen LogP contribution is -1.82. The van der Waals surface area contributed by atoms with Crippen molar-refractivity contribution in [2.24, 2.45) is 0 Å². The molecule has 0 aromatic carbocycles. The van der Waals surface area contributed by atoms with E-state index in [1.54, 1.807) is 0 Å². The maximum Gasteiger partial charge on any atom is -0.00703 e. The van der Waals surface area contributed by atoms with Gasteiger partial charge in [0.2, 0.25) is 0 Å². The lowest BCUT2D eigenvalue weighted by molar-refractivity contribution is 0.593. The number of thioether (sulfide) groups is 1. The normalized spacial score (nSPS) is 10.5. The first kappa shape index (κ1) is 12.3. The van der Waals surface area contributed by atoms with E-state index in [0.29, 0.717) is 0 Å². The molecule has 0 aromatic heterocycles.